The van der Waals surface area contributed by atoms with Gasteiger partial charge in [0, 0.05) is 19.6 Å². The Morgan fingerprint density at radius 3 is 2.26 bits per heavy atom. The third-order valence-corrected chi connectivity index (χ3v) is 5.77. The van der Waals surface area contributed by atoms with Crippen LogP contribution in [0.5, 0.6) is 0 Å². The van der Waals surface area contributed by atoms with Gasteiger partial charge in [-0.1, -0.05) is 42.5 Å². The number of methoxy groups -OCH3 is 1. The molecule has 8 heteroatoms. The number of hydrogen-bond acceptors (Lipinski definition) is 6. The first-order chi connectivity index (χ1) is 16.2. The summed E-state index contributed by atoms with van der Waals surface area (Å²) in [5.41, 5.74) is 2.49. The smallest absolute Gasteiger partial charge is 0.411 e. The Bertz CT molecular complexity index is 948. The Morgan fingerprint density at radius 1 is 0.971 bits per heavy atom. The zero-order valence-electron chi connectivity index (χ0n) is 20.4. The molecule has 1 aromatic carbocycles. The van der Waals surface area contributed by atoms with Crippen LogP contribution < -0.4 is 0 Å². The summed E-state index contributed by atoms with van der Waals surface area (Å²) in [4.78, 5) is 40.7. The van der Waals surface area contributed by atoms with Crippen molar-refractivity contribution in [1.82, 2.24) is 9.80 Å². The van der Waals surface area contributed by atoms with Gasteiger partial charge in [-0.3, -0.25) is 4.90 Å². The summed E-state index contributed by atoms with van der Waals surface area (Å²) in [6.45, 7) is 6.98. The number of hydrogen-bond donors (Lipinski definition) is 0. The van der Waals surface area contributed by atoms with E-state index < -0.39 is 23.7 Å². The largest absolute Gasteiger partial charge is 0.467 e. The normalized spacial score (nSPS) is 18.9. The Kier molecular flexibility index (Phi) is 8.36. The van der Waals surface area contributed by atoms with Gasteiger partial charge in [-0.15, -0.1) is 0 Å². The van der Waals surface area contributed by atoms with E-state index in [9.17, 15) is 14.4 Å². The molecular weight excluding hydrogens is 436 g/mol. The maximum absolute atomic E-state index is 12.8. The average molecular weight is 471 g/mol. The highest BCUT2D eigenvalue weighted by Gasteiger charge is 2.35. The summed E-state index contributed by atoms with van der Waals surface area (Å²) >= 11 is 0. The second-order valence-corrected chi connectivity index (χ2v) is 9.39. The average Bonchev–Trinajstić information content (AvgIpc) is 3.05. The molecule has 34 heavy (non-hydrogen) atoms. The number of esters is 1. The van der Waals surface area contributed by atoms with Crippen LogP contribution in [0.15, 0.2) is 53.6 Å². The fraction of sp³-hybridized carbons (Fsp3) is 0.500. The summed E-state index contributed by atoms with van der Waals surface area (Å²) in [5, 5.41) is 0. The van der Waals surface area contributed by atoms with Crippen molar-refractivity contribution in [2.45, 2.75) is 58.3 Å². The van der Waals surface area contributed by atoms with Gasteiger partial charge in [-0.2, -0.15) is 0 Å². The number of carbonyl (C=O) groups is 3. The first-order valence-electron chi connectivity index (χ1n) is 11.6. The quantitative estimate of drug-likeness (QED) is 0.477. The van der Waals surface area contributed by atoms with Crippen molar-refractivity contribution in [3.63, 3.8) is 0 Å². The molecule has 2 amide bonds. The second kappa shape index (κ2) is 11.2. The Labute approximate surface area is 201 Å². The molecule has 1 aromatic rings. The van der Waals surface area contributed by atoms with E-state index in [4.69, 9.17) is 14.2 Å². The Morgan fingerprint density at radius 2 is 1.65 bits per heavy atom. The minimum absolute atomic E-state index is 0.243. The van der Waals surface area contributed by atoms with Gasteiger partial charge in [0.2, 0.25) is 0 Å². The summed E-state index contributed by atoms with van der Waals surface area (Å²) < 4.78 is 15.9. The SMILES string of the molecule is COC(=O)[C@@H]1CC=C(C2=CCN(C(=O)OCc3ccccc3)CC2)CCN1C(=O)OC(C)(C)C. The lowest BCUT2D eigenvalue weighted by Crippen LogP contribution is -2.47. The van der Waals surface area contributed by atoms with Crippen molar-refractivity contribution < 1.29 is 28.6 Å². The molecule has 2 aliphatic rings. The van der Waals surface area contributed by atoms with E-state index in [2.05, 4.69) is 0 Å². The highest BCUT2D eigenvalue weighted by atomic mass is 16.6. The molecule has 0 aliphatic carbocycles. The Hall–Kier alpha value is -3.29. The fourth-order valence-electron chi connectivity index (χ4n) is 4.01. The lowest BCUT2D eigenvalue weighted by Gasteiger charge is -2.30. The van der Waals surface area contributed by atoms with Gasteiger partial charge in [0.05, 0.1) is 7.11 Å². The van der Waals surface area contributed by atoms with E-state index >= 15 is 0 Å². The number of nitrogens with zero attached hydrogens (tertiary/aromatic N) is 2. The topological polar surface area (TPSA) is 85.4 Å². The molecule has 0 aromatic heterocycles. The molecule has 0 saturated heterocycles. The van der Waals surface area contributed by atoms with Crippen LogP contribution in [0.1, 0.15) is 45.6 Å². The van der Waals surface area contributed by atoms with Crippen molar-refractivity contribution in [2.75, 3.05) is 26.7 Å². The van der Waals surface area contributed by atoms with E-state index in [-0.39, 0.29) is 12.7 Å². The molecule has 0 saturated carbocycles. The first kappa shape index (κ1) is 25.3. The van der Waals surface area contributed by atoms with Crippen LogP contribution in [0, 0.1) is 0 Å². The third-order valence-electron chi connectivity index (χ3n) is 5.77. The van der Waals surface area contributed by atoms with Crippen LogP contribution in [0.2, 0.25) is 0 Å². The molecule has 1 atom stereocenters. The Balaban J connectivity index is 1.62. The molecule has 8 nitrogen and oxygen atoms in total. The predicted octanol–water partition coefficient (Wildman–Crippen LogP) is 4.45. The van der Waals surface area contributed by atoms with Gasteiger partial charge >= 0.3 is 18.2 Å². The molecule has 0 spiro atoms. The van der Waals surface area contributed by atoms with Gasteiger partial charge in [0.25, 0.3) is 0 Å². The van der Waals surface area contributed by atoms with Gasteiger partial charge in [0.1, 0.15) is 18.2 Å². The van der Waals surface area contributed by atoms with Crippen LogP contribution in [0.4, 0.5) is 9.59 Å². The minimum Gasteiger partial charge on any atom is -0.467 e. The maximum Gasteiger partial charge on any atom is 0.411 e. The molecule has 2 aliphatic heterocycles. The molecular formula is C26H34N2O6. The number of rotatable bonds is 4. The zero-order valence-corrected chi connectivity index (χ0v) is 20.4. The number of ether oxygens (including phenoxy) is 3. The highest BCUT2D eigenvalue weighted by molar-refractivity contribution is 5.82. The summed E-state index contributed by atoms with van der Waals surface area (Å²) in [7, 11) is 1.32. The standard InChI is InChI=1S/C26H34N2O6/c1-26(2,3)34-25(31)28-17-14-20(10-11-22(28)23(29)32-4)21-12-15-27(16-13-21)24(30)33-18-19-8-6-5-7-9-19/h5-10,12,22H,11,13-18H2,1-4H3/t22-/m0/s1. The van der Waals surface area contributed by atoms with E-state index in [1.54, 1.807) is 25.7 Å². The number of carbonyl (C=O) groups excluding carboxylic acids is 3. The van der Waals surface area contributed by atoms with E-state index in [1.165, 1.54) is 12.0 Å². The van der Waals surface area contributed by atoms with Crippen molar-refractivity contribution in [2.24, 2.45) is 0 Å². The molecule has 3 rings (SSSR count). The molecule has 0 fully saturated rings. The predicted molar refractivity (Wildman–Crippen MR) is 127 cm³/mol. The summed E-state index contributed by atoms with van der Waals surface area (Å²) in [6.07, 6.45) is 4.79. The van der Waals surface area contributed by atoms with Crippen LogP contribution in [0.25, 0.3) is 0 Å². The molecule has 2 heterocycles. The molecule has 0 unspecified atom stereocenters. The van der Waals surface area contributed by atoms with Crippen LogP contribution in [0.3, 0.4) is 0 Å². The van der Waals surface area contributed by atoms with E-state index in [0.29, 0.717) is 38.9 Å². The number of amides is 2. The summed E-state index contributed by atoms with van der Waals surface area (Å²) in [6, 6.07) is 8.85. The minimum atomic E-state index is -0.731. The number of benzene rings is 1. The zero-order chi connectivity index (χ0) is 24.7. The second-order valence-electron chi connectivity index (χ2n) is 9.39. The van der Waals surface area contributed by atoms with E-state index in [1.807, 2.05) is 42.5 Å². The lowest BCUT2D eigenvalue weighted by atomic mass is 9.96. The molecule has 0 N–H and O–H groups in total. The van der Waals surface area contributed by atoms with Crippen LogP contribution in [-0.2, 0) is 25.6 Å². The van der Waals surface area contributed by atoms with E-state index in [0.717, 1.165) is 16.7 Å². The van der Waals surface area contributed by atoms with Crippen molar-refractivity contribution in [3.05, 3.63) is 59.2 Å². The first-order valence-corrected chi connectivity index (χ1v) is 11.6. The lowest BCUT2D eigenvalue weighted by molar-refractivity contribution is -0.146. The molecule has 184 valence electrons. The van der Waals surface area contributed by atoms with Crippen molar-refractivity contribution >= 4 is 18.2 Å². The van der Waals surface area contributed by atoms with Crippen molar-refractivity contribution in [1.29, 1.82) is 0 Å². The monoisotopic (exact) mass is 470 g/mol. The fourth-order valence-corrected chi connectivity index (χ4v) is 4.01. The van der Waals surface area contributed by atoms with Crippen LogP contribution >= 0.6 is 0 Å². The maximum atomic E-state index is 12.8. The summed E-state index contributed by atoms with van der Waals surface area (Å²) in [5.74, 6) is -0.465. The van der Waals surface area contributed by atoms with Gasteiger partial charge in [-0.05, 0) is 56.7 Å². The molecule has 0 bridgehead atoms. The van der Waals surface area contributed by atoms with Gasteiger partial charge in [-0.25, -0.2) is 14.4 Å². The van der Waals surface area contributed by atoms with Crippen molar-refractivity contribution in [3.8, 4) is 0 Å². The van der Waals surface area contributed by atoms with Gasteiger partial charge in [0.15, 0.2) is 0 Å². The van der Waals surface area contributed by atoms with Gasteiger partial charge < -0.3 is 19.1 Å². The third kappa shape index (κ3) is 6.85. The highest BCUT2D eigenvalue weighted by Crippen LogP contribution is 2.28. The molecule has 0 radical (unpaired) electrons. The van der Waals surface area contributed by atoms with Crippen LogP contribution in [-0.4, -0.2) is 66.3 Å².